The first kappa shape index (κ1) is 17.3. The number of carbonyl (C=O) groups excluding carboxylic acids is 1. The average molecular weight is 304 g/mol. The van der Waals surface area contributed by atoms with E-state index in [1.807, 2.05) is 6.92 Å². The minimum absolute atomic E-state index is 0.168. The van der Waals surface area contributed by atoms with Gasteiger partial charge < -0.3 is 15.7 Å². The number of halogens is 3. The second-order valence-electron chi connectivity index (χ2n) is 4.75. The van der Waals surface area contributed by atoms with Crippen molar-refractivity contribution in [3.8, 4) is 0 Å². The molecule has 3 N–H and O–H groups in total. The van der Waals surface area contributed by atoms with Crippen LogP contribution in [0.5, 0.6) is 0 Å². The highest BCUT2D eigenvalue weighted by atomic mass is 19.4. The molecule has 0 heterocycles. The minimum atomic E-state index is -4.37. The first-order valence-electron chi connectivity index (χ1n) is 6.63. The summed E-state index contributed by atoms with van der Waals surface area (Å²) in [7, 11) is 0. The number of nitrogens with one attached hydrogen (secondary N) is 2. The molecule has 0 spiro atoms. The van der Waals surface area contributed by atoms with Crippen molar-refractivity contribution in [3.05, 3.63) is 35.4 Å². The zero-order valence-corrected chi connectivity index (χ0v) is 11.9. The van der Waals surface area contributed by atoms with Crippen molar-refractivity contribution < 1.29 is 23.1 Å². The van der Waals surface area contributed by atoms with Crippen LogP contribution < -0.4 is 10.6 Å². The van der Waals surface area contributed by atoms with Crippen LogP contribution in [-0.4, -0.2) is 23.8 Å². The van der Waals surface area contributed by atoms with Crippen LogP contribution in [0.1, 0.15) is 37.4 Å². The normalized spacial score (nSPS) is 14.4. The fourth-order valence-corrected chi connectivity index (χ4v) is 1.74. The zero-order valence-electron chi connectivity index (χ0n) is 11.9. The van der Waals surface area contributed by atoms with Crippen LogP contribution >= 0.6 is 0 Å². The van der Waals surface area contributed by atoms with E-state index in [4.69, 9.17) is 5.11 Å². The Morgan fingerprint density at radius 1 is 1.24 bits per heavy atom. The summed E-state index contributed by atoms with van der Waals surface area (Å²) in [6.07, 6.45) is -3.79. The summed E-state index contributed by atoms with van der Waals surface area (Å²) < 4.78 is 37.3. The Hall–Kier alpha value is -1.76. The summed E-state index contributed by atoms with van der Waals surface area (Å²) in [5, 5.41) is 14.2. The van der Waals surface area contributed by atoms with Crippen LogP contribution in [-0.2, 0) is 6.18 Å². The molecule has 2 atom stereocenters. The molecule has 0 saturated carbocycles. The first-order valence-corrected chi connectivity index (χ1v) is 6.63. The smallest absolute Gasteiger partial charge is 0.394 e. The fraction of sp³-hybridized carbons (Fsp3) is 0.500. The summed E-state index contributed by atoms with van der Waals surface area (Å²) in [6, 6.07) is 3.37. The standard InChI is InChI=1S/C14H19F3N2O2/c1-3-12(8-20)19-13(21)18-9(2)10-4-6-11(7-5-10)14(15,16)17/h4-7,9,12,20H,3,8H2,1-2H3,(H2,18,19,21)/t9-,12-/m1/s1. The molecule has 7 heteroatoms. The van der Waals surface area contributed by atoms with Crippen LogP contribution in [0.25, 0.3) is 0 Å². The fourth-order valence-electron chi connectivity index (χ4n) is 1.74. The lowest BCUT2D eigenvalue weighted by Crippen LogP contribution is -2.44. The van der Waals surface area contributed by atoms with Gasteiger partial charge in [0, 0.05) is 0 Å². The number of amides is 2. The topological polar surface area (TPSA) is 61.4 Å². The molecule has 0 aliphatic rings. The van der Waals surface area contributed by atoms with Crippen LogP contribution in [0.4, 0.5) is 18.0 Å². The first-order chi connectivity index (χ1) is 9.77. The number of aliphatic hydroxyl groups excluding tert-OH is 1. The number of benzene rings is 1. The van der Waals surface area contributed by atoms with Gasteiger partial charge in [-0.1, -0.05) is 19.1 Å². The van der Waals surface area contributed by atoms with Gasteiger partial charge in [-0.05, 0) is 31.0 Å². The molecule has 118 valence electrons. The third-order valence-electron chi connectivity index (χ3n) is 3.13. The molecule has 4 nitrogen and oxygen atoms in total. The van der Waals surface area contributed by atoms with Crippen LogP contribution in [0.2, 0.25) is 0 Å². The lowest BCUT2D eigenvalue weighted by atomic mass is 10.1. The summed E-state index contributed by atoms with van der Waals surface area (Å²) in [4.78, 5) is 11.7. The van der Waals surface area contributed by atoms with Crippen LogP contribution in [0.15, 0.2) is 24.3 Å². The Bertz CT molecular complexity index is 456. The Labute approximate surface area is 121 Å². The van der Waals surface area contributed by atoms with E-state index in [2.05, 4.69) is 10.6 Å². The van der Waals surface area contributed by atoms with Gasteiger partial charge in [0.2, 0.25) is 0 Å². The van der Waals surface area contributed by atoms with E-state index in [1.165, 1.54) is 12.1 Å². The van der Waals surface area contributed by atoms with E-state index in [-0.39, 0.29) is 12.6 Å². The van der Waals surface area contributed by atoms with E-state index in [9.17, 15) is 18.0 Å². The van der Waals surface area contributed by atoms with Crippen molar-refractivity contribution in [2.45, 2.75) is 38.5 Å². The highest BCUT2D eigenvalue weighted by Gasteiger charge is 2.30. The lowest BCUT2D eigenvalue weighted by Gasteiger charge is -2.19. The monoisotopic (exact) mass is 304 g/mol. The molecule has 0 aromatic heterocycles. The van der Waals surface area contributed by atoms with Gasteiger partial charge in [0.25, 0.3) is 0 Å². The summed E-state index contributed by atoms with van der Waals surface area (Å²) in [5.74, 6) is 0. The summed E-state index contributed by atoms with van der Waals surface area (Å²) in [5.41, 5.74) is -0.163. The van der Waals surface area contributed by atoms with Crippen LogP contribution in [0.3, 0.4) is 0 Å². The third kappa shape index (κ3) is 5.26. The van der Waals surface area contributed by atoms with Crippen molar-refractivity contribution in [3.63, 3.8) is 0 Å². The van der Waals surface area contributed by atoms with E-state index in [0.717, 1.165) is 12.1 Å². The molecular formula is C14H19F3N2O2. The second-order valence-corrected chi connectivity index (χ2v) is 4.75. The Morgan fingerprint density at radius 3 is 2.24 bits per heavy atom. The molecule has 0 radical (unpaired) electrons. The van der Waals surface area contributed by atoms with E-state index >= 15 is 0 Å². The predicted octanol–water partition coefficient (Wildman–Crippen LogP) is 2.84. The molecule has 0 bridgehead atoms. The highest BCUT2D eigenvalue weighted by Crippen LogP contribution is 2.29. The second kappa shape index (κ2) is 7.31. The maximum atomic E-state index is 12.4. The van der Waals surface area contributed by atoms with Gasteiger partial charge in [-0.25, -0.2) is 4.79 Å². The zero-order chi connectivity index (χ0) is 16.0. The molecule has 2 amide bonds. The average Bonchev–Trinajstić information content (AvgIpc) is 2.43. The van der Waals surface area contributed by atoms with Gasteiger partial charge in [0.15, 0.2) is 0 Å². The molecule has 1 aromatic rings. The molecule has 0 aliphatic heterocycles. The number of carbonyl (C=O) groups is 1. The molecule has 21 heavy (non-hydrogen) atoms. The maximum absolute atomic E-state index is 12.4. The molecule has 0 unspecified atom stereocenters. The highest BCUT2D eigenvalue weighted by molar-refractivity contribution is 5.74. The van der Waals surface area contributed by atoms with E-state index in [0.29, 0.717) is 12.0 Å². The van der Waals surface area contributed by atoms with Gasteiger partial charge in [-0.15, -0.1) is 0 Å². The number of hydrogen-bond donors (Lipinski definition) is 3. The van der Waals surface area contributed by atoms with Crippen molar-refractivity contribution in [1.29, 1.82) is 0 Å². The number of rotatable bonds is 5. The number of aliphatic hydroxyl groups is 1. The molecule has 0 aliphatic carbocycles. The number of alkyl halides is 3. The summed E-state index contributed by atoms with van der Waals surface area (Å²) in [6.45, 7) is 3.32. The molecule has 1 rings (SSSR count). The van der Waals surface area contributed by atoms with Gasteiger partial charge in [-0.3, -0.25) is 0 Å². The minimum Gasteiger partial charge on any atom is -0.394 e. The van der Waals surface area contributed by atoms with Gasteiger partial charge >= 0.3 is 12.2 Å². The van der Waals surface area contributed by atoms with Crippen molar-refractivity contribution in [2.75, 3.05) is 6.61 Å². The number of hydrogen-bond acceptors (Lipinski definition) is 2. The Morgan fingerprint density at radius 2 is 1.81 bits per heavy atom. The predicted molar refractivity (Wildman–Crippen MR) is 72.7 cm³/mol. The SMILES string of the molecule is CC[C@H](CO)NC(=O)N[C@H](C)c1ccc(C(F)(F)F)cc1. The molecule has 0 saturated heterocycles. The van der Waals surface area contributed by atoms with E-state index in [1.54, 1.807) is 6.92 Å². The molecule has 1 aromatic carbocycles. The Kier molecular flexibility index (Phi) is 6.02. The van der Waals surface area contributed by atoms with Crippen molar-refractivity contribution in [1.82, 2.24) is 10.6 Å². The van der Waals surface area contributed by atoms with E-state index < -0.39 is 23.8 Å². The summed E-state index contributed by atoms with van der Waals surface area (Å²) >= 11 is 0. The van der Waals surface area contributed by atoms with Crippen molar-refractivity contribution in [2.24, 2.45) is 0 Å². The van der Waals surface area contributed by atoms with Crippen molar-refractivity contribution >= 4 is 6.03 Å². The maximum Gasteiger partial charge on any atom is 0.416 e. The Balaban J connectivity index is 2.63. The van der Waals surface area contributed by atoms with Gasteiger partial charge in [0.1, 0.15) is 0 Å². The van der Waals surface area contributed by atoms with Gasteiger partial charge in [0.05, 0.1) is 24.3 Å². The quantitative estimate of drug-likeness (QED) is 0.783. The van der Waals surface area contributed by atoms with Crippen LogP contribution in [0, 0.1) is 0 Å². The number of urea groups is 1. The largest absolute Gasteiger partial charge is 0.416 e. The van der Waals surface area contributed by atoms with Gasteiger partial charge in [-0.2, -0.15) is 13.2 Å². The molecule has 0 fully saturated rings. The molecular weight excluding hydrogens is 285 g/mol. The third-order valence-corrected chi connectivity index (χ3v) is 3.13. The lowest BCUT2D eigenvalue weighted by molar-refractivity contribution is -0.137.